The van der Waals surface area contributed by atoms with Gasteiger partial charge < -0.3 is 10.6 Å². The summed E-state index contributed by atoms with van der Waals surface area (Å²) in [5.41, 5.74) is 3.91. The number of hydrogen-bond donors (Lipinski definition) is 2. The van der Waals surface area contributed by atoms with Crippen LogP contribution in [-0.4, -0.2) is 38.8 Å². The van der Waals surface area contributed by atoms with Crippen molar-refractivity contribution in [2.45, 2.75) is 6.92 Å². The van der Waals surface area contributed by atoms with Crippen molar-refractivity contribution in [3.05, 3.63) is 47.5 Å². The number of thioether (sulfide) groups is 1. The molecule has 0 atom stereocenters. The summed E-state index contributed by atoms with van der Waals surface area (Å²) in [6.07, 6.45) is 1.86. The number of nitrogens with one attached hydrogen (secondary N) is 2. The molecule has 2 amide bonds. The molecule has 2 N–H and O–H groups in total. The molecule has 0 unspecified atom stereocenters. The van der Waals surface area contributed by atoms with Gasteiger partial charge >= 0.3 is 0 Å². The average molecular weight is 369 g/mol. The van der Waals surface area contributed by atoms with Crippen molar-refractivity contribution in [3.63, 3.8) is 0 Å². The van der Waals surface area contributed by atoms with Crippen LogP contribution >= 0.6 is 11.8 Å². The number of aryl methyl sites for hydroxylation is 2. The Morgan fingerprint density at radius 2 is 1.92 bits per heavy atom. The van der Waals surface area contributed by atoms with Crippen molar-refractivity contribution in [3.8, 4) is 0 Å². The van der Waals surface area contributed by atoms with Crippen LogP contribution in [0.25, 0.3) is 11.0 Å². The minimum Gasteiger partial charge on any atom is -0.325 e. The Kier molecular flexibility index (Phi) is 5.22. The minimum atomic E-state index is -0.275. The number of nitrogens with zero attached hydrogens (tertiary/aromatic N) is 3. The zero-order valence-corrected chi connectivity index (χ0v) is 15.6. The van der Waals surface area contributed by atoms with Crippen molar-refractivity contribution in [2.75, 3.05) is 22.6 Å². The first-order valence-electron chi connectivity index (χ1n) is 7.99. The fourth-order valence-corrected chi connectivity index (χ4v) is 2.89. The van der Waals surface area contributed by atoms with Gasteiger partial charge in [-0.1, -0.05) is 12.1 Å². The van der Waals surface area contributed by atoms with E-state index in [9.17, 15) is 9.59 Å². The summed E-state index contributed by atoms with van der Waals surface area (Å²) in [6, 6.07) is 10.7. The Morgan fingerprint density at radius 3 is 2.69 bits per heavy atom. The van der Waals surface area contributed by atoms with Gasteiger partial charge in [0.25, 0.3) is 5.91 Å². The molecule has 3 rings (SSSR count). The van der Waals surface area contributed by atoms with Crippen LogP contribution in [-0.2, 0) is 11.8 Å². The summed E-state index contributed by atoms with van der Waals surface area (Å²) in [5, 5.41) is 14.2. The lowest BCUT2D eigenvalue weighted by molar-refractivity contribution is -0.113. The molecule has 0 saturated carbocycles. The molecular weight excluding hydrogens is 350 g/mol. The lowest BCUT2D eigenvalue weighted by Gasteiger charge is -2.11. The van der Waals surface area contributed by atoms with Gasteiger partial charge in [0.1, 0.15) is 11.0 Å². The third-order valence-electron chi connectivity index (χ3n) is 3.81. The van der Waals surface area contributed by atoms with E-state index in [0.717, 1.165) is 5.56 Å². The van der Waals surface area contributed by atoms with Crippen LogP contribution < -0.4 is 10.6 Å². The van der Waals surface area contributed by atoms with Crippen LogP contribution in [0.5, 0.6) is 0 Å². The molecule has 0 saturated heterocycles. The Morgan fingerprint density at radius 1 is 1.12 bits per heavy atom. The molecule has 0 spiro atoms. The maximum absolute atomic E-state index is 12.7. The molecule has 2 aromatic carbocycles. The van der Waals surface area contributed by atoms with Gasteiger partial charge in [-0.3, -0.25) is 9.59 Å². The maximum Gasteiger partial charge on any atom is 0.255 e. The molecule has 0 aliphatic heterocycles. The van der Waals surface area contributed by atoms with Crippen LogP contribution in [0.3, 0.4) is 0 Å². The number of amides is 2. The second-order valence-corrected chi connectivity index (χ2v) is 6.69. The van der Waals surface area contributed by atoms with Gasteiger partial charge in [-0.25, -0.2) is 0 Å². The van der Waals surface area contributed by atoms with E-state index in [0.29, 0.717) is 33.7 Å². The number of fused-ring (bicyclic) bond motifs is 1. The fourth-order valence-electron chi connectivity index (χ4n) is 2.55. The zero-order chi connectivity index (χ0) is 18.7. The number of aromatic nitrogens is 3. The zero-order valence-electron chi connectivity index (χ0n) is 14.7. The predicted molar refractivity (Wildman–Crippen MR) is 105 cm³/mol. The van der Waals surface area contributed by atoms with Gasteiger partial charge in [0.15, 0.2) is 0 Å². The van der Waals surface area contributed by atoms with Crippen LogP contribution in [0.1, 0.15) is 15.9 Å². The molecule has 1 heterocycles. The molecule has 3 aromatic rings. The summed E-state index contributed by atoms with van der Waals surface area (Å²) >= 11 is 1.44. The quantitative estimate of drug-likeness (QED) is 0.722. The number of benzene rings is 2. The topological polar surface area (TPSA) is 88.9 Å². The van der Waals surface area contributed by atoms with Crippen molar-refractivity contribution >= 4 is 46.0 Å². The normalized spacial score (nSPS) is 10.7. The summed E-state index contributed by atoms with van der Waals surface area (Å²) in [6.45, 7) is 1.89. The Labute approximate surface area is 155 Å². The van der Waals surface area contributed by atoms with Gasteiger partial charge in [-0.2, -0.15) is 26.8 Å². The molecule has 0 aliphatic rings. The second-order valence-electron chi connectivity index (χ2n) is 5.83. The monoisotopic (exact) mass is 369 g/mol. The molecule has 0 bridgehead atoms. The van der Waals surface area contributed by atoms with E-state index >= 15 is 0 Å². The first kappa shape index (κ1) is 17.9. The molecule has 0 fully saturated rings. The highest BCUT2D eigenvalue weighted by molar-refractivity contribution is 7.99. The molecule has 0 aliphatic carbocycles. The van der Waals surface area contributed by atoms with E-state index in [2.05, 4.69) is 20.8 Å². The molecule has 7 nitrogen and oxygen atoms in total. The predicted octanol–water partition coefficient (Wildman–Crippen LogP) is 2.83. The van der Waals surface area contributed by atoms with Crippen molar-refractivity contribution in [1.82, 2.24) is 15.0 Å². The highest BCUT2D eigenvalue weighted by Crippen LogP contribution is 2.22. The van der Waals surface area contributed by atoms with Crippen LogP contribution in [0.4, 0.5) is 11.4 Å². The van der Waals surface area contributed by atoms with E-state index in [1.165, 1.54) is 16.6 Å². The van der Waals surface area contributed by atoms with Crippen LogP contribution in [0.2, 0.25) is 0 Å². The molecule has 1 aromatic heterocycles. The largest absolute Gasteiger partial charge is 0.325 e. The van der Waals surface area contributed by atoms with E-state index in [1.807, 2.05) is 31.4 Å². The second kappa shape index (κ2) is 7.57. The van der Waals surface area contributed by atoms with E-state index in [-0.39, 0.29) is 11.8 Å². The highest BCUT2D eigenvalue weighted by atomic mass is 32.2. The lowest BCUT2D eigenvalue weighted by Crippen LogP contribution is -2.16. The Hall–Kier alpha value is -2.87. The SMILES string of the molecule is CSCC(=O)Nc1cc(C(=O)Nc2cccc3nn(C)nc23)ccc1C. The number of rotatable bonds is 5. The minimum absolute atomic E-state index is 0.0949. The molecule has 134 valence electrons. The summed E-state index contributed by atoms with van der Waals surface area (Å²) in [4.78, 5) is 26.0. The summed E-state index contributed by atoms with van der Waals surface area (Å²) in [5.74, 6) is -0.00383. The van der Waals surface area contributed by atoms with Gasteiger partial charge in [0.2, 0.25) is 5.91 Å². The molecule has 8 heteroatoms. The third kappa shape index (κ3) is 3.85. The standard InChI is InChI=1S/C18H19N5O2S/c1-11-7-8-12(9-15(11)19-16(24)10-26-3)18(25)20-13-5-4-6-14-17(13)22-23(2)21-14/h4-9H,10H2,1-3H3,(H,19,24)(H,20,25). The maximum atomic E-state index is 12.7. The highest BCUT2D eigenvalue weighted by Gasteiger charge is 2.13. The van der Waals surface area contributed by atoms with Crippen LogP contribution in [0.15, 0.2) is 36.4 Å². The first-order chi connectivity index (χ1) is 12.5. The van der Waals surface area contributed by atoms with Crippen molar-refractivity contribution in [1.29, 1.82) is 0 Å². The van der Waals surface area contributed by atoms with Gasteiger partial charge in [-0.15, -0.1) is 0 Å². The third-order valence-corrected chi connectivity index (χ3v) is 4.36. The number of carbonyl (C=O) groups excluding carboxylic acids is 2. The molecular formula is C18H19N5O2S. The van der Waals surface area contributed by atoms with Crippen molar-refractivity contribution in [2.24, 2.45) is 7.05 Å². The average Bonchev–Trinajstić information content (AvgIpc) is 2.98. The summed E-state index contributed by atoms with van der Waals surface area (Å²) < 4.78 is 0. The van der Waals surface area contributed by atoms with Gasteiger partial charge in [0, 0.05) is 18.3 Å². The Balaban J connectivity index is 1.84. The summed E-state index contributed by atoms with van der Waals surface area (Å²) in [7, 11) is 1.73. The van der Waals surface area contributed by atoms with Crippen molar-refractivity contribution < 1.29 is 9.59 Å². The number of carbonyl (C=O) groups is 2. The number of hydrogen-bond acceptors (Lipinski definition) is 5. The van der Waals surface area contributed by atoms with Gasteiger partial charge in [0.05, 0.1) is 11.4 Å². The molecule has 0 radical (unpaired) electrons. The number of anilines is 2. The first-order valence-corrected chi connectivity index (χ1v) is 9.38. The fraction of sp³-hybridized carbons (Fsp3) is 0.222. The van der Waals surface area contributed by atoms with E-state index in [1.54, 1.807) is 25.2 Å². The van der Waals surface area contributed by atoms with E-state index < -0.39 is 0 Å². The van der Waals surface area contributed by atoms with Gasteiger partial charge in [-0.05, 0) is 43.0 Å². The Bertz CT molecular complexity index is 983. The molecule has 26 heavy (non-hydrogen) atoms. The lowest BCUT2D eigenvalue weighted by atomic mass is 10.1. The van der Waals surface area contributed by atoms with Crippen LogP contribution in [0, 0.1) is 6.92 Å². The van der Waals surface area contributed by atoms with E-state index in [4.69, 9.17) is 0 Å². The smallest absolute Gasteiger partial charge is 0.255 e.